The summed E-state index contributed by atoms with van der Waals surface area (Å²) >= 11 is 8.32. The van der Waals surface area contributed by atoms with Crippen molar-refractivity contribution in [2.24, 2.45) is 0 Å². The summed E-state index contributed by atoms with van der Waals surface area (Å²) in [6.45, 7) is 0. The summed E-state index contributed by atoms with van der Waals surface area (Å²) < 4.78 is 10.4. The topological polar surface area (TPSA) is 140 Å². The molecule has 130 valence electrons. The fourth-order valence-corrected chi connectivity index (χ4v) is 3.15. The second-order valence-electron chi connectivity index (χ2n) is 4.59. The number of hydrogen-bond donors (Lipinski definition) is 6. The zero-order valence-electron chi connectivity index (χ0n) is 12.1. The van der Waals surface area contributed by atoms with Crippen molar-refractivity contribution in [3.05, 3.63) is 35.4 Å². The number of rotatable bonds is 4. The molecule has 0 aliphatic carbocycles. The van der Waals surface area contributed by atoms with Gasteiger partial charge in [-0.05, 0) is 0 Å². The van der Waals surface area contributed by atoms with E-state index in [0.717, 1.165) is 24.3 Å². The summed E-state index contributed by atoms with van der Waals surface area (Å²) in [7, 11) is 0. The molecule has 0 bridgehead atoms. The molecule has 0 fully saturated rings. The molecule has 11 heteroatoms. The molecule has 0 atom stereocenters. The van der Waals surface area contributed by atoms with Crippen molar-refractivity contribution in [2.45, 2.75) is 0 Å². The van der Waals surface area contributed by atoms with Gasteiger partial charge in [0.2, 0.25) is 0 Å². The summed E-state index contributed by atoms with van der Waals surface area (Å²) in [6.07, 6.45) is 0. The zero-order valence-corrected chi connectivity index (χ0v) is 15.9. The molecule has 0 aliphatic heterocycles. The standard InChI is InChI=1S/C14H10GeO8S2/c16-7-1-5(2-8(17)11(7)20)13(24)22-15-23-14(25)6-3-9(18)12(21)10(19)4-6/h1-4,16-21H. The van der Waals surface area contributed by atoms with Gasteiger partial charge in [-0.1, -0.05) is 0 Å². The van der Waals surface area contributed by atoms with E-state index in [1.54, 1.807) is 0 Å². The van der Waals surface area contributed by atoms with Gasteiger partial charge in [0.25, 0.3) is 0 Å². The Hall–Kier alpha value is -2.44. The van der Waals surface area contributed by atoms with E-state index in [-0.39, 0.29) is 21.2 Å². The van der Waals surface area contributed by atoms with Crippen molar-refractivity contribution in [3.8, 4) is 34.5 Å². The first kappa shape index (κ1) is 18.9. The van der Waals surface area contributed by atoms with Crippen LogP contribution in [0.3, 0.4) is 0 Å². The average Bonchev–Trinajstić information content (AvgIpc) is 2.56. The third-order valence-electron chi connectivity index (χ3n) is 2.88. The minimum atomic E-state index is -1.64. The Labute approximate surface area is 158 Å². The first-order valence-electron chi connectivity index (χ1n) is 6.38. The maximum absolute atomic E-state index is 9.43. The Balaban J connectivity index is 1.98. The van der Waals surface area contributed by atoms with E-state index in [1.807, 2.05) is 0 Å². The number of thiocarbonyl (C=S) groups is 2. The van der Waals surface area contributed by atoms with Crippen LogP contribution in [0, 0.1) is 0 Å². The molecule has 0 saturated carbocycles. The maximum atomic E-state index is 9.43. The van der Waals surface area contributed by atoms with Gasteiger partial charge in [0.1, 0.15) is 0 Å². The molecule has 0 aliphatic rings. The van der Waals surface area contributed by atoms with Crippen LogP contribution in [0.1, 0.15) is 11.1 Å². The van der Waals surface area contributed by atoms with Gasteiger partial charge in [0.05, 0.1) is 0 Å². The predicted molar refractivity (Wildman–Crippen MR) is 94.2 cm³/mol. The molecule has 25 heavy (non-hydrogen) atoms. The minimum absolute atomic E-state index is 0.0928. The number of phenols is 6. The third-order valence-corrected chi connectivity index (χ3v) is 5.34. The molecule has 0 heterocycles. The molecule has 0 aromatic heterocycles. The Morgan fingerprint density at radius 3 is 1.20 bits per heavy atom. The van der Waals surface area contributed by atoms with Crippen LogP contribution in [0.2, 0.25) is 0 Å². The molecule has 0 amide bonds. The van der Waals surface area contributed by atoms with Crippen molar-refractivity contribution < 1.29 is 38.2 Å². The number of benzene rings is 2. The van der Waals surface area contributed by atoms with Gasteiger partial charge in [-0.2, -0.15) is 0 Å². The van der Waals surface area contributed by atoms with Gasteiger partial charge in [-0.3, -0.25) is 0 Å². The van der Waals surface area contributed by atoms with E-state index < -0.39 is 50.6 Å². The summed E-state index contributed by atoms with van der Waals surface area (Å²) in [5.74, 6) is -3.60. The second-order valence-corrected chi connectivity index (χ2v) is 6.54. The summed E-state index contributed by atoms with van der Waals surface area (Å²) in [5, 5.41) is 56.1. The molecule has 2 rings (SSSR count). The molecule has 2 aromatic carbocycles. The molecule has 0 saturated heterocycles. The number of hydrogen-bond acceptors (Lipinski definition) is 10. The normalized spacial score (nSPS) is 10.2. The van der Waals surface area contributed by atoms with Gasteiger partial charge in [0.15, 0.2) is 0 Å². The summed E-state index contributed by atoms with van der Waals surface area (Å²) in [5.41, 5.74) is 0.307. The fourth-order valence-electron chi connectivity index (χ4n) is 1.66. The van der Waals surface area contributed by atoms with E-state index in [0.29, 0.717) is 0 Å². The summed E-state index contributed by atoms with van der Waals surface area (Å²) in [4.78, 5) is 0. The van der Waals surface area contributed by atoms with Gasteiger partial charge < -0.3 is 0 Å². The average molecular weight is 443 g/mol. The Morgan fingerprint density at radius 1 is 0.640 bits per heavy atom. The molecule has 6 N–H and O–H groups in total. The first-order valence-corrected chi connectivity index (χ1v) is 8.91. The summed E-state index contributed by atoms with van der Waals surface area (Å²) in [6, 6.07) is 4.44. The molecule has 0 unspecified atom stereocenters. The molecule has 8 nitrogen and oxygen atoms in total. The third kappa shape index (κ3) is 4.35. The van der Waals surface area contributed by atoms with Gasteiger partial charge >= 0.3 is 159 Å². The van der Waals surface area contributed by atoms with Crippen molar-refractivity contribution >= 4 is 50.6 Å². The van der Waals surface area contributed by atoms with E-state index in [1.165, 1.54) is 0 Å². The van der Waals surface area contributed by atoms with Crippen LogP contribution in [-0.2, 0) is 7.53 Å². The first-order chi connectivity index (χ1) is 11.7. The molecule has 2 radical (unpaired) electrons. The zero-order chi connectivity index (χ0) is 18.7. The Morgan fingerprint density at radius 2 is 0.920 bits per heavy atom. The fraction of sp³-hybridized carbons (Fsp3) is 0. The van der Waals surface area contributed by atoms with Crippen molar-refractivity contribution in [3.63, 3.8) is 0 Å². The second kappa shape index (κ2) is 7.63. The van der Waals surface area contributed by atoms with E-state index >= 15 is 0 Å². The van der Waals surface area contributed by atoms with Crippen LogP contribution in [0.15, 0.2) is 24.3 Å². The van der Waals surface area contributed by atoms with Gasteiger partial charge in [0, 0.05) is 0 Å². The van der Waals surface area contributed by atoms with Crippen molar-refractivity contribution in [1.82, 2.24) is 0 Å². The van der Waals surface area contributed by atoms with Gasteiger partial charge in [-0.15, -0.1) is 0 Å². The SMILES string of the molecule is Oc1cc(C(=S)[O][Ge][O]C(=S)c2cc(O)c(O)c(O)c2)cc(O)c1O. The molecular formula is C14H10GeO8S2. The number of phenolic OH excluding ortho intramolecular Hbond substituents is 6. The van der Waals surface area contributed by atoms with Crippen LogP contribution in [0.25, 0.3) is 0 Å². The van der Waals surface area contributed by atoms with Crippen LogP contribution < -0.4 is 0 Å². The molecule has 0 spiro atoms. The predicted octanol–water partition coefficient (Wildman–Crippen LogP) is 1.54. The van der Waals surface area contributed by atoms with Crippen LogP contribution in [0.4, 0.5) is 0 Å². The van der Waals surface area contributed by atoms with E-state index in [2.05, 4.69) is 0 Å². The Bertz CT molecular complexity index is 739. The van der Waals surface area contributed by atoms with Crippen molar-refractivity contribution in [2.75, 3.05) is 0 Å². The van der Waals surface area contributed by atoms with E-state index in [4.69, 9.17) is 32.0 Å². The van der Waals surface area contributed by atoms with Crippen molar-refractivity contribution in [1.29, 1.82) is 0 Å². The van der Waals surface area contributed by atoms with E-state index in [9.17, 15) is 30.6 Å². The van der Waals surface area contributed by atoms with Crippen LogP contribution in [-0.4, -0.2) is 56.8 Å². The molecular weight excluding hydrogens is 433 g/mol. The quantitative estimate of drug-likeness (QED) is 0.234. The van der Waals surface area contributed by atoms with Crippen LogP contribution in [0.5, 0.6) is 34.5 Å². The monoisotopic (exact) mass is 444 g/mol. The van der Waals surface area contributed by atoms with Crippen LogP contribution >= 0.6 is 24.4 Å². The Kier molecular flexibility index (Phi) is 5.77. The van der Waals surface area contributed by atoms with Gasteiger partial charge in [-0.25, -0.2) is 0 Å². The number of aromatic hydroxyl groups is 6. The molecule has 2 aromatic rings.